The molecule has 0 saturated heterocycles. The largest absolute Gasteiger partial charge is 0.497 e. The molecule has 0 bridgehead atoms. The van der Waals surface area contributed by atoms with Gasteiger partial charge in [-0.25, -0.2) is 18.1 Å². The maximum atomic E-state index is 12.6. The Balaban J connectivity index is 1.17. The summed E-state index contributed by atoms with van der Waals surface area (Å²) in [7, 11) is -1.85. The molecule has 0 amide bonds. The van der Waals surface area contributed by atoms with Crippen LogP contribution in [0.4, 0.5) is 17.5 Å². The minimum absolute atomic E-state index is 0.291. The molecule has 39 heavy (non-hydrogen) atoms. The SMILES string of the molecule is COc1cccc(Nc2nc(NC[C@H]3CC[C@H](CNS(=O)(=O)c4ccc(Br)cc4)CC3)nc3ccccc23)c1. The third kappa shape index (κ3) is 7.06. The maximum absolute atomic E-state index is 12.6. The van der Waals surface area contributed by atoms with Crippen molar-refractivity contribution in [2.75, 3.05) is 30.8 Å². The molecule has 0 spiro atoms. The zero-order valence-corrected chi connectivity index (χ0v) is 24.1. The van der Waals surface area contributed by atoms with Crippen LogP contribution in [0.25, 0.3) is 10.9 Å². The Morgan fingerprint density at radius 3 is 2.36 bits per heavy atom. The Labute approximate surface area is 237 Å². The predicted molar refractivity (Wildman–Crippen MR) is 159 cm³/mol. The summed E-state index contributed by atoms with van der Waals surface area (Å²) in [6, 6.07) is 22.4. The average Bonchev–Trinajstić information content (AvgIpc) is 2.96. The molecule has 10 heteroatoms. The molecule has 1 aromatic heterocycles. The Bertz CT molecular complexity index is 1520. The third-order valence-electron chi connectivity index (χ3n) is 7.14. The van der Waals surface area contributed by atoms with Gasteiger partial charge in [-0.1, -0.05) is 34.1 Å². The van der Waals surface area contributed by atoms with Crippen molar-refractivity contribution >= 4 is 54.3 Å². The summed E-state index contributed by atoms with van der Waals surface area (Å²) in [4.78, 5) is 9.81. The molecule has 1 aliphatic carbocycles. The van der Waals surface area contributed by atoms with Crippen LogP contribution in [-0.4, -0.2) is 38.6 Å². The van der Waals surface area contributed by atoms with Crippen molar-refractivity contribution in [1.82, 2.24) is 14.7 Å². The number of nitrogens with zero attached hydrogens (tertiary/aromatic N) is 2. The normalized spacial score (nSPS) is 17.6. The van der Waals surface area contributed by atoms with E-state index in [-0.39, 0.29) is 0 Å². The molecule has 3 N–H and O–H groups in total. The first-order valence-corrected chi connectivity index (χ1v) is 15.3. The highest BCUT2D eigenvalue weighted by molar-refractivity contribution is 9.10. The van der Waals surface area contributed by atoms with Crippen LogP contribution in [0.5, 0.6) is 5.75 Å². The molecule has 0 atom stereocenters. The summed E-state index contributed by atoms with van der Waals surface area (Å²) >= 11 is 3.34. The fourth-order valence-electron chi connectivity index (χ4n) is 4.89. The lowest BCUT2D eigenvalue weighted by molar-refractivity contribution is 0.284. The van der Waals surface area contributed by atoms with Crippen LogP contribution < -0.4 is 20.1 Å². The maximum Gasteiger partial charge on any atom is 0.240 e. The highest BCUT2D eigenvalue weighted by Gasteiger charge is 2.23. The number of methoxy groups -OCH3 is 1. The number of benzene rings is 3. The fourth-order valence-corrected chi connectivity index (χ4v) is 6.27. The number of fused-ring (bicyclic) bond motifs is 1. The van der Waals surface area contributed by atoms with Gasteiger partial charge in [-0.05, 0) is 86.1 Å². The highest BCUT2D eigenvalue weighted by atomic mass is 79.9. The summed E-state index contributed by atoms with van der Waals surface area (Å²) in [6.07, 6.45) is 4.02. The second-order valence-corrected chi connectivity index (χ2v) is 12.5. The average molecular weight is 611 g/mol. The van der Waals surface area contributed by atoms with Crippen molar-refractivity contribution in [1.29, 1.82) is 0 Å². The number of para-hydroxylation sites is 1. The van der Waals surface area contributed by atoms with Crippen LogP contribution in [0.1, 0.15) is 25.7 Å². The van der Waals surface area contributed by atoms with E-state index >= 15 is 0 Å². The Morgan fingerprint density at radius 1 is 0.897 bits per heavy atom. The van der Waals surface area contributed by atoms with Gasteiger partial charge in [-0.3, -0.25) is 0 Å². The minimum Gasteiger partial charge on any atom is -0.497 e. The summed E-state index contributed by atoms with van der Waals surface area (Å²) in [6.45, 7) is 1.24. The van der Waals surface area contributed by atoms with Gasteiger partial charge in [-0.15, -0.1) is 0 Å². The number of ether oxygens (including phenoxy) is 1. The van der Waals surface area contributed by atoms with Crippen molar-refractivity contribution in [3.05, 3.63) is 77.3 Å². The molecule has 1 heterocycles. The van der Waals surface area contributed by atoms with Crippen LogP contribution in [-0.2, 0) is 10.0 Å². The smallest absolute Gasteiger partial charge is 0.240 e. The summed E-state index contributed by atoms with van der Waals surface area (Å²) in [5, 5.41) is 7.81. The number of nitrogens with one attached hydrogen (secondary N) is 3. The van der Waals surface area contributed by atoms with Gasteiger partial charge < -0.3 is 15.4 Å². The quantitative estimate of drug-likeness (QED) is 0.193. The predicted octanol–water partition coefficient (Wildman–Crippen LogP) is 6.34. The minimum atomic E-state index is -3.50. The summed E-state index contributed by atoms with van der Waals surface area (Å²) in [5.41, 5.74) is 1.75. The molecule has 204 valence electrons. The topological polar surface area (TPSA) is 105 Å². The third-order valence-corrected chi connectivity index (χ3v) is 9.10. The van der Waals surface area contributed by atoms with Gasteiger partial charge in [0, 0.05) is 34.7 Å². The zero-order valence-electron chi connectivity index (χ0n) is 21.7. The molecule has 0 radical (unpaired) electrons. The number of hydrogen-bond donors (Lipinski definition) is 3. The number of anilines is 3. The molecular formula is C29H32BrN5O3S. The number of hydrogen-bond acceptors (Lipinski definition) is 7. The Kier molecular flexibility index (Phi) is 8.64. The van der Waals surface area contributed by atoms with E-state index in [0.29, 0.717) is 29.2 Å². The van der Waals surface area contributed by atoms with Gasteiger partial charge in [0.2, 0.25) is 16.0 Å². The standard InChI is InChI=1S/C29H32BrN5O3S/c1-38-24-6-4-5-23(17-24)33-28-26-7-2-3-8-27(26)34-29(35-28)31-18-20-9-11-21(12-10-20)19-32-39(36,37)25-15-13-22(30)14-16-25/h2-8,13-17,20-21,32H,9-12,18-19H2,1H3,(H2,31,33,34,35)/t20-,21-. The monoisotopic (exact) mass is 609 g/mol. The van der Waals surface area contributed by atoms with E-state index < -0.39 is 10.0 Å². The fraction of sp³-hybridized carbons (Fsp3) is 0.310. The molecule has 1 fully saturated rings. The lowest BCUT2D eigenvalue weighted by atomic mass is 9.82. The molecule has 0 unspecified atom stereocenters. The van der Waals surface area contributed by atoms with Crippen molar-refractivity contribution in [3.8, 4) is 5.75 Å². The van der Waals surface area contributed by atoms with E-state index in [2.05, 4.69) is 31.3 Å². The Morgan fingerprint density at radius 2 is 1.62 bits per heavy atom. The van der Waals surface area contributed by atoms with Gasteiger partial charge >= 0.3 is 0 Å². The number of halogens is 1. The number of rotatable bonds is 10. The number of aromatic nitrogens is 2. The lowest BCUT2D eigenvalue weighted by Crippen LogP contribution is -2.32. The first-order valence-electron chi connectivity index (χ1n) is 13.1. The molecule has 0 aliphatic heterocycles. The van der Waals surface area contributed by atoms with Gasteiger partial charge in [0.25, 0.3) is 0 Å². The molecule has 4 aromatic rings. The molecule has 5 rings (SSSR count). The first-order chi connectivity index (χ1) is 18.9. The van der Waals surface area contributed by atoms with Crippen LogP contribution in [0, 0.1) is 11.8 Å². The Hall–Kier alpha value is -3.21. The molecule has 1 saturated carbocycles. The highest BCUT2D eigenvalue weighted by Crippen LogP contribution is 2.30. The zero-order chi connectivity index (χ0) is 27.2. The second kappa shape index (κ2) is 12.3. The van der Waals surface area contributed by atoms with Gasteiger partial charge in [0.05, 0.1) is 17.5 Å². The van der Waals surface area contributed by atoms with E-state index in [9.17, 15) is 8.42 Å². The van der Waals surface area contributed by atoms with Gasteiger partial charge in [-0.2, -0.15) is 4.98 Å². The van der Waals surface area contributed by atoms with Crippen molar-refractivity contribution in [2.45, 2.75) is 30.6 Å². The van der Waals surface area contributed by atoms with Crippen LogP contribution in [0.3, 0.4) is 0 Å². The van der Waals surface area contributed by atoms with Crippen LogP contribution >= 0.6 is 15.9 Å². The van der Waals surface area contributed by atoms with E-state index in [4.69, 9.17) is 14.7 Å². The van der Waals surface area contributed by atoms with E-state index in [1.807, 2.05) is 48.5 Å². The molecule has 1 aliphatic rings. The molecule has 8 nitrogen and oxygen atoms in total. The van der Waals surface area contributed by atoms with Crippen LogP contribution in [0.15, 0.2) is 82.2 Å². The van der Waals surface area contributed by atoms with Crippen molar-refractivity contribution in [2.24, 2.45) is 11.8 Å². The summed E-state index contributed by atoms with van der Waals surface area (Å²) in [5.74, 6) is 2.91. The van der Waals surface area contributed by atoms with E-state index in [0.717, 1.165) is 64.9 Å². The second-order valence-electron chi connectivity index (χ2n) is 9.84. The van der Waals surface area contributed by atoms with Crippen LogP contribution in [0.2, 0.25) is 0 Å². The summed E-state index contributed by atoms with van der Waals surface area (Å²) < 4.78 is 34.2. The van der Waals surface area contributed by atoms with Gasteiger partial charge in [0.15, 0.2) is 0 Å². The van der Waals surface area contributed by atoms with Crippen molar-refractivity contribution in [3.63, 3.8) is 0 Å². The molecule has 3 aromatic carbocycles. The number of sulfonamides is 1. The van der Waals surface area contributed by atoms with Crippen molar-refractivity contribution < 1.29 is 13.2 Å². The first kappa shape index (κ1) is 27.4. The molecular weight excluding hydrogens is 578 g/mol. The van der Waals surface area contributed by atoms with E-state index in [1.165, 1.54) is 0 Å². The van der Waals surface area contributed by atoms with E-state index in [1.54, 1.807) is 31.4 Å². The lowest BCUT2D eigenvalue weighted by Gasteiger charge is -2.28. The van der Waals surface area contributed by atoms with Gasteiger partial charge in [0.1, 0.15) is 11.6 Å².